The predicted octanol–water partition coefficient (Wildman–Crippen LogP) is 2.92. The molecule has 0 fully saturated rings. The van der Waals surface area contributed by atoms with Gasteiger partial charge in [0.05, 0.1) is 5.69 Å². The molecule has 1 aromatic heterocycles. The van der Waals surface area contributed by atoms with E-state index >= 15 is 0 Å². The van der Waals surface area contributed by atoms with Crippen LogP contribution >= 0.6 is 11.3 Å². The lowest BCUT2D eigenvalue weighted by molar-refractivity contribution is 0.714. The second-order valence-corrected chi connectivity index (χ2v) is 4.01. The highest BCUT2D eigenvalue weighted by Crippen LogP contribution is 2.18. The molecule has 76 valence electrons. The van der Waals surface area contributed by atoms with Crippen LogP contribution in [-0.4, -0.2) is 11.0 Å². The Balaban J connectivity index is 2.54. The summed E-state index contributed by atoms with van der Waals surface area (Å²) in [5, 5.41) is 6.43. The first-order valence-electron chi connectivity index (χ1n) is 4.94. The molecule has 0 aliphatic heterocycles. The summed E-state index contributed by atoms with van der Waals surface area (Å²) in [7, 11) is 0. The lowest BCUT2D eigenvalue weighted by atomic mass is 10.2. The molecule has 1 unspecified atom stereocenters. The zero-order valence-electron chi connectivity index (χ0n) is 8.71. The predicted molar refractivity (Wildman–Crippen MR) is 62.6 cm³/mol. The minimum Gasteiger partial charge on any atom is -0.358 e. The fraction of sp³-hybridized carbons (Fsp3) is 0.545. The molecule has 0 amide bonds. The average Bonchev–Trinajstić information content (AvgIpc) is 2.65. The van der Waals surface area contributed by atoms with Crippen molar-refractivity contribution in [3.05, 3.63) is 11.1 Å². The Morgan fingerprint density at radius 2 is 2.43 bits per heavy atom. The van der Waals surface area contributed by atoms with E-state index in [1.54, 1.807) is 11.3 Å². The number of terminal acetylenes is 1. The summed E-state index contributed by atoms with van der Waals surface area (Å²) in [5.41, 5.74) is 1.15. The summed E-state index contributed by atoms with van der Waals surface area (Å²) in [4.78, 5) is 4.44. The standard InChI is InChI=1S/C11H16N2S/c1-4-7-9(5-2)12-11-13-10(6-3)8-14-11/h1,8-9H,5-7H2,2-3H3,(H,12,13). The van der Waals surface area contributed by atoms with E-state index in [1.807, 2.05) is 0 Å². The van der Waals surface area contributed by atoms with Crippen molar-refractivity contribution < 1.29 is 0 Å². The molecular weight excluding hydrogens is 192 g/mol. The Morgan fingerprint density at radius 3 is 2.93 bits per heavy atom. The Hall–Kier alpha value is -1.01. The SMILES string of the molecule is C#CCC(CC)Nc1nc(CC)cs1. The van der Waals surface area contributed by atoms with Gasteiger partial charge >= 0.3 is 0 Å². The van der Waals surface area contributed by atoms with Crippen LogP contribution < -0.4 is 5.32 Å². The summed E-state index contributed by atoms with van der Waals surface area (Å²) in [6.45, 7) is 4.24. The second-order valence-electron chi connectivity index (χ2n) is 3.16. The van der Waals surface area contributed by atoms with Crippen LogP contribution in [0.1, 0.15) is 32.4 Å². The molecule has 0 bridgehead atoms. The van der Waals surface area contributed by atoms with E-state index in [-0.39, 0.29) is 0 Å². The van der Waals surface area contributed by atoms with Gasteiger partial charge in [-0.2, -0.15) is 0 Å². The van der Waals surface area contributed by atoms with E-state index in [0.29, 0.717) is 6.04 Å². The van der Waals surface area contributed by atoms with Gasteiger partial charge in [-0.1, -0.05) is 13.8 Å². The Bertz CT molecular complexity index is 311. The zero-order valence-corrected chi connectivity index (χ0v) is 9.53. The minimum atomic E-state index is 0.357. The molecule has 1 rings (SSSR count). The zero-order chi connectivity index (χ0) is 10.4. The number of hydrogen-bond donors (Lipinski definition) is 1. The first-order valence-corrected chi connectivity index (χ1v) is 5.82. The lowest BCUT2D eigenvalue weighted by Crippen LogP contribution is -2.17. The van der Waals surface area contributed by atoms with Crippen LogP contribution in [0.25, 0.3) is 0 Å². The third kappa shape index (κ3) is 3.04. The largest absolute Gasteiger partial charge is 0.358 e. The number of aromatic nitrogens is 1. The number of nitrogens with one attached hydrogen (secondary N) is 1. The van der Waals surface area contributed by atoms with Gasteiger partial charge in [-0.05, 0) is 12.8 Å². The van der Waals surface area contributed by atoms with Crippen LogP contribution in [0, 0.1) is 12.3 Å². The minimum absolute atomic E-state index is 0.357. The van der Waals surface area contributed by atoms with Gasteiger partial charge in [-0.3, -0.25) is 0 Å². The molecule has 0 aromatic carbocycles. The van der Waals surface area contributed by atoms with E-state index in [0.717, 1.165) is 30.1 Å². The van der Waals surface area contributed by atoms with Crippen LogP contribution in [0.3, 0.4) is 0 Å². The molecule has 0 aliphatic rings. The molecule has 0 saturated heterocycles. The molecule has 2 nitrogen and oxygen atoms in total. The third-order valence-electron chi connectivity index (χ3n) is 2.10. The molecule has 0 radical (unpaired) electrons. The summed E-state index contributed by atoms with van der Waals surface area (Å²) in [6, 6.07) is 0.357. The summed E-state index contributed by atoms with van der Waals surface area (Å²) < 4.78 is 0. The molecule has 3 heteroatoms. The van der Waals surface area contributed by atoms with E-state index in [9.17, 15) is 0 Å². The van der Waals surface area contributed by atoms with Crippen molar-refractivity contribution in [1.82, 2.24) is 4.98 Å². The van der Waals surface area contributed by atoms with Gasteiger partial charge in [0, 0.05) is 17.8 Å². The number of hydrogen-bond acceptors (Lipinski definition) is 3. The van der Waals surface area contributed by atoms with Gasteiger partial charge in [-0.15, -0.1) is 23.7 Å². The van der Waals surface area contributed by atoms with Crippen LogP contribution in [0.2, 0.25) is 0 Å². The molecule has 0 spiro atoms. The molecule has 1 atom stereocenters. The Labute approximate surface area is 89.8 Å². The second kappa shape index (κ2) is 5.66. The van der Waals surface area contributed by atoms with E-state index in [1.165, 1.54) is 0 Å². The summed E-state index contributed by atoms with van der Waals surface area (Å²) in [5.74, 6) is 2.67. The molecular formula is C11H16N2S. The van der Waals surface area contributed by atoms with Gasteiger partial charge in [0.25, 0.3) is 0 Å². The van der Waals surface area contributed by atoms with Gasteiger partial charge < -0.3 is 5.32 Å². The van der Waals surface area contributed by atoms with Crippen LogP contribution in [0.5, 0.6) is 0 Å². The number of nitrogens with zero attached hydrogens (tertiary/aromatic N) is 1. The van der Waals surface area contributed by atoms with Crippen molar-refractivity contribution in [1.29, 1.82) is 0 Å². The molecule has 1 N–H and O–H groups in total. The van der Waals surface area contributed by atoms with Gasteiger partial charge in [-0.25, -0.2) is 4.98 Å². The highest BCUT2D eigenvalue weighted by atomic mass is 32.1. The fourth-order valence-electron chi connectivity index (χ4n) is 1.15. The topological polar surface area (TPSA) is 24.9 Å². The fourth-order valence-corrected chi connectivity index (χ4v) is 2.02. The quantitative estimate of drug-likeness (QED) is 0.753. The van der Waals surface area contributed by atoms with Crippen LogP contribution in [0.15, 0.2) is 5.38 Å². The normalized spacial score (nSPS) is 12.1. The highest BCUT2D eigenvalue weighted by molar-refractivity contribution is 7.13. The summed E-state index contributed by atoms with van der Waals surface area (Å²) >= 11 is 1.65. The smallest absolute Gasteiger partial charge is 0.183 e. The van der Waals surface area contributed by atoms with Crippen LogP contribution in [0.4, 0.5) is 5.13 Å². The third-order valence-corrected chi connectivity index (χ3v) is 2.92. The average molecular weight is 208 g/mol. The Morgan fingerprint density at radius 1 is 1.64 bits per heavy atom. The van der Waals surface area contributed by atoms with Gasteiger partial charge in [0.2, 0.25) is 0 Å². The first kappa shape index (κ1) is 11.1. The molecule has 0 aliphatic carbocycles. The van der Waals surface area contributed by atoms with Gasteiger partial charge in [0.15, 0.2) is 5.13 Å². The molecule has 1 aromatic rings. The van der Waals surface area contributed by atoms with E-state index < -0.39 is 0 Å². The van der Waals surface area contributed by atoms with Crippen molar-refractivity contribution in [3.63, 3.8) is 0 Å². The number of aryl methyl sites for hydroxylation is 1. The van der Waals surface area contributed by atoms with E-state index in [4.69, 9.17) is 6.42 Å². The van der Waals surface area contributed by atoms with Crippen molar-refractivity contribution in [2.24, 2.45) is 0 Å². The maximum atomic E-state index is 5.28. The lowest BCUT2D eigenvalue weighted by Gasteiger charge is -2.12. The van der Waals surface area contributed by atoms with Gasteiger partial charge in [0.1, 0.15) is 0 Å². The van der Waals surface area contributed by atoms with Crippen LogP contribution in [-0.2, 0) is 6.42 Å². The highest BCUT2D eigenvalue weighted by Gasteiger charge is 2.06. The number of thiazole rings is 1. The summed E-state index contributed by atoms with van der Waals surface area (Å²) in [6.07, 6.45) is 8.07. The first-order chi connectivity index (χ1) is 6.80. The van der Waals surface area contributed by atoms with E-state index in [2.05, 4.69) is 35.4 Å². The van der Waals surface area contributed by atoms with Crippen molar-refractivity contribution in [2.75, 3.05) is 5.32 Å². The maximum Gasteiger partial charge on any atom is 0.183 e. The molecule has 0 saturated carbocycles. The maximum absolute atomic E-state index is 5.28. The van der Waals surface area contributed by atoms with Crippen molar-refractivity contribution in [3.8, 4) is 12.3 Å². The van der Waals surface area contributed by atoms with Crippen molar-refractivity contribution >= 4 is 16.5 Å². The molecule has 14 heavy (non-hydrogen) atoms. The Kier molecular flexibility index (Phi) is 4.48. The number of anilines is 1. The number of rotatable bonds is 5. The monoisotopic (exact) mass is 208 g/mol. The van der Waals surface area contributed by atoms with Crippen molar-refractivity contribution in [2.45, 2.75) is 39.2 Å². The molecule has 1 heterocycles.